The first-order valence-corrected chi connectivity index (χ1v) is 11.9. The van der Waals surface area contributed by atoms with Gasteiger partial charge in [0.2, 0.25) is 23.6 Å². The van der Waals surface area contributed by atoms with Gasteiger partial charge in [-0.05, 0) is 43.4 Å². The van der Waals surface area contributed by atoms with Crippen molar-refractivity contribution in [2.75, 3.05) is 0 Å². The van der Waals surface area contributed by atoms with Crippen LogP contribution in [-0.4, -0.2) is 75.2 Å². The number of phenolic OH excluding ortho intramolecular Hbond substituents is 1. The van der Waals surface area contributed by atoms with E-state index in [9.17, 15) is 39.3 Å². The SMILES string of the molecule is CCC(C)C(NC(=O)C(NC(=O)C(N)Cc1ccc(O)cc1)C(C)O)C(=O)NC(CCC(N)=O)C(=O)O. The van der Waals surface area contributed by atoms with E-state index in [0.717, 1.165) is 0 Å². The van der Waals surface area contributed by atoms with Gasteiger partial charge < -0.3 is 42.7 Å². The molecule has 0 heterocycles. The number of hydrogen-bond donors (Lipinski definition) is 8. The van der Waals surface area contributed by atoms with Crippen molar-refractivity contribution in [3.63, 3.8) is 0 Å². The number of phenols is 1. The summed E-state index contributed by atoms with van der Waals surface area (Å²) in [5, 5.41) is 36.1. The fourth-order valence-corrected chi connectivity index (χ4v) is 3.39. The molecule has 0 saturated heterocycles. The summed E-state index contributed by atoms with van der Waals surface area (Å²) in [6.45, 7) is 4.70. The van der Waals surface area contributed by atoms with Gasteiger partial charge >= 0.3 is 5.97 Å². The number of nitrogens with one attached hydrogen (secondary N) is 3. The fraction of sp³-hybridized carbons (Fsp3) is 0.542. The van der Waals surface area contributed by atoms with Crippen LogP contribution in [0.5, 0.6) is 5.75 Å². The van der Waals surface area contributed by atoms with Crippen LogP contribution in [0.1, 0.15) is 45.6 Å². The number of nitrogens with two attached hydrogens (primary N) is 2. The third-order valence-electron chi connectivity index (χ3n) is 5.88. The average Bonchev–Trinajstić information content (AvgIpc) is 2.83. The number of aliphatic hydroxyl groups excluding tert-OH is 1. The number of aromatic hydroxyl groups is 1. The standard InChI is InChI=1S/C24H37N5O8/c1-4-12(2)19(22(34)27-17(24(36)37)9-10-18(26)32)28-23(35)20(13(3)30)29-21(33)16(25)11-14-5-7-15(31)8-6-14/h5-8,12-13,16-17,19-20,30-31H,4,9-11,25H2,1-3H3,(H2,26,32)(H,27,34)(H,28,35)(H,29,33)(H,36,37). The molecule has 0 aliphatic heterocycles. The number of aliphatic hydroxyl groups is 1. The highest BCUT2D eigenvalue weighted by Crippen LogP contribution is 2.12. The highest BCUT2D eigenvalue weighted by molar-refractivity contribution is 5.94. The van der Waals surface area contributed by atoms with Crippen molar-refractivity contribution in [2.24, 2.45) is 17.4 Å². The van der Waals surface area contributed by atoms with Gasteiger partial charge in [-0.3, -0.25) is 19.2 Å². The Morgan fingerprint density at radius 2 is 1.46 bits per heavy atom. The molecule has 1 aromatic rings. The molecule has 4 amide bonds. The van der Waals surface area contributed by atoms with Gasteiger partial charge in [-0.1, -0.05) is 32.4 Å². The lowest BCUT2D eigenvalue weighted by Crippen LogP contribution is -2.61. The maximum absolute atomic E-state index is 13.0. The first-order valence-electron chi connectivity index (χ1n) is 11.9. The van der Waals surface area contributed by atoms with Gasteiger partial charge in [-0.15, -0.1) is 0 Å². The minimum Gasteiger partial charge on any atom is -0.508 e. The van der Waals surface area contributed by atoms with Gasteiger partial charge in [0, 0.05) is 6.42 Å². The lowest BCUT2D eigenvalue weighted by atomic mass is 9.96. The van der Waals surface area contributed by atoms with Crippen LogP contribution in [0.4, 0.5) is 0 Å². The van der Waals surface area contributed by atoms with Gasteiger partial charge in [-0.2, -0.15) is 0 Å². The Bertz CT molecular complexity index is 953. The minimum atomic E-state index is -1.46. The van der Waals surface area contributed by atoms with E-state index < -0.39 is 65.8 Å². The van der Waals surface area contributed by atoms with E-state index in [4.69, 9.17) is 11.5 Å². The topological polar surface area (TPSA) is 234 Å². The monoisotopic (exact) mass is 523 g/mol. The molecule has 0 aromatic heterocycles. The zero-order chi connectivity index (χ0) is 28.3. The summed E-state index contributed by atoms with van der Waals surface area (Å²) in [4.78, 5) is 61.0. The Morgan fingerprint density at radius 3 is 1.95 bits per heavy atom. The lowest BCUT2D eigenvalue weighted by Gasteiger charge is -2.29. The van der Waals surface area contributed by atoms with E-state index in [2.05, 4.69) is 16.0 Å². The molecule has 10 N–H and O–H groups in total. The molecule has 37 heavy (non-hydrogen) atoms. The van der Waals surface area contributed by atoms with E-state index in [1.165, 1.54) is 19.1 Å². The van der Waals surface area contributed by atoms with Crippen molar-refractivity contribution in [1.29, 1.82) is 0 Å². The molecule has 1 aromatic carbocycles. The quantitative estimate of drug-likeness (QED) is 0.133. The summed E-state index contributed by atoms with van der Waals surface area (Å²) in [6.07, 6.45) is -1.32. The first-order chi connectivity index (χ1) is 17.3. The van der Waals surface area contributed by atoms with Crippen LogP contribution in [0.25, 0.3) is 0 Å². The second-order valence-electron chi connectivity index (χ2n) is 8.98. The predicted octanol–water partition coefficient (Wildman–Crippen LogP) is -1.51. The summed E-state index contributed by atoms with van der Waals surface area (Å²) in [7, 11) is 0. The Hall–Kier alpha value is -3.71. The van der Waals surface area contributed by atoms with E-state index in [1.807, 2.05) is 0 Å². The van der Waals surface area contributed by atoms with Gasteiger partial charge in [0.25, 0.3) is 0 Å². The Balaban J connectivity index is 2.94. The van der Waals surface area contributed by atoms with E-state index >= 15 is 0 Å². The molecular weight excluding hydrogens is 486 g/mol. The number of primary amides is 1. The van der Waals surface area contributed by atoms with Gasteiger partial charge in [0.1, 0.15) is 23.9 Å². The summed E-state index contributed by atoms with van der Waals surface area (Å²) < 4.78 is 0. The number of carbonyl (C=O) groups is 5. The summed E-state index contributed by atoms with van der Waals surface area (Å²) in [5.74, 6) is -4.90. The number of rotatable bonds is 15. The van der Waals surface area contributed by atoms with Crippen molar-refractivity contribution in [1.82, 2.24) is 16.0 Å². The number of carbonyl (C=O) groups excluding carboxylic acids is 4. The zero-order valence-corrected chi connectivity index (χ0v) is 21.1. The van der Waals surface area contributed by atoms with E-state index in [-0.39, 0.29) is 25.0 Å². The van der Waals surface area contributed by atoms with Crippen LogP contribution in [0.15, 0.2) is 24.3 Å². The number of amides is 4. The molecule has 0 radical (unpaired) electrons. The van der Waals surface area contributed by atoms with Crippen LogP contribution in [-0.2, 0) is 30.4 Å². The number of benzene rings is 1. The minimum absolute atomic E-state index is 0.0510. The molecule has 6 unspecified atom stereocenters. The highest BCUT2D eigenvalue weighted by atomic mass is 16.4. The third-order valence-corrected chi connectivity index (χ3v) is 5.88. The van der Waals surface area contributed by atoms with Crippen molar-refractivity contribution in [3.05, 3.63) is 29.8 Å². The molecule has 0 saturated carbocycles. The Morgan fingerprint density at radius 1 is 0.919 bits per heavy atom. The third kappa shape index (κ3) is 10.4. The van der Waals surface area contributed by atoms with Crippen LogP contribution < -0.4 is 27.4 Å². The molecule has 0 spiro atoms. The van der Waals surface area contributed by atoms with Crippen LogP contribution >= 0.6 is 0 Å². The first kappa shape index (κ1) is 31.3. The van der Waals surface area contributed by atoms with Crippen molar-refractivity contribution in [2.45, 2.75) is 76.7 Å². The maximum atomic E-state index is 13.0. The predicted molar refractivity (Wildman–Crippen MR) is 133 cm³/mol. The molecule has 6 atom stereocenters. The highest BCUT2D eigenvalue weighted by Gasteiger charge is 2.34. The van der Waals surface area contributed by atoms with Crippen molar-refractivity contribution in [3.8, 4) is 5.75 Å². The normalized spacial score (nSPS) is 15.8. The molecule has 0 aliphatic carbocycles. The lowest BCUT2D eigenvalue weighted by molar-refractivity contribution is -0.143. The van der Waals surface area contributed by atoms with Crippen LogP contribution in [0.3, 0.4) is 0 Å². The molecule has 0 fully saturated rings. The smallest absolute Gasteiger partial charge is 0.326 e. The molecular formula is C24H37N5O8. The molecule has 206 valence electrons. The van der Waals surface area contributed by atoms with Gasteiger partial charge in [0.15, 0.2) is 0 Å². The number of aliphatic carboxylic acids is 1. The Kier molecular flexibility index (Phi) is 12.5. The summed E-state index contributed by atoms with van der Waals surface area (Å²) >= 11 is 0. The van der Waals surface area contributed by atoms with Crippen molar-refractivity contribution < 1.29 is 39.3 Å². The average molecular weight is 524 g/mol. The second kappa shape index (κ2) is 14.8. The van der Waals surface area contributed by atoms with Crippen molar-refractivity contribution >= 4 is 29.6 Å². The van der Waals surface area contributed by atoms with Crippen LogP contribution in [0, 0.1) is 5.92 Å². The molecule has 1 rings (SSSR count). The zero-order valence-electron chi connectivity index (χ0n) is 21.1. The molecule has 13 heteroatoms. The van der Waals surface area contributed by atoms with E-state index in [0.29, 0.717) is 12.0 Å². The van der Waals surface area contributed by atoms with Crippen LogP contribution in [0.2, 0.25) is 0 Å². The van der Waals surface area contributed by atoms with Gasteiger partial charge in [0.05, 0.1) is 12.1 Å². The fourth-order valence-electron chi connectivity index (χ4n) is 3.39. The number of hydrogen-bond acceptors (Lipinski definition) is 8. The second-order valence-corrected chi connectivity index (χ2v) is 8.98. The molecule has 13 nitrogen and oxygen atoms in total. The largest absolute Gasteiger partial charge is 0.508 e. The maximum Gasteiger partial charge on any atom is 0.326 e. The molecule has 0 aliphatic rings. The number of carboxylic acids is 1. The summed E-state index contributed by atoms with van der Waals surface area (Å²) in [6, 6.07) is 0.917. The van der Waals surface area contributed by atoms with E-state index in [1.54, 1.807) is 26.0 Å². The Labute approximate surface area is 215 Å². The summed E-state index contributed by atoms with van der Waals surface area (Å²) in [5.41, 5.74) is 11.7. The van der Waals surface area contributed by atoms with Gasteiger partial charge in [-0.25, -0.2) is 4.79 Å². The molecule has 0 bridgehead atoms. The number of carboxylic acid groups (broad SMARTS) is 1.